The molecule has 5 rings (SSSR count). The summed E-state index contributed by atoms with van der Waals surface area (Å²) in [6.07, 6.45) is 5.45. The molecule has 0 saturated heterocycles. The summed E-state index contributed by atoms with van der Waals surface area (Å²) in [7, 11) is 3.14. The van der Waals surface area contributed by atoms with Crippen LogP contribution in [0.15, 0.2) is 66.7 Å². The molecule has 9 nitrogen and oxygen atoms in total. The Kier molecular flexibility index (Phi) is 9.54. The van der Waals surface area contributed by atoms with E-state index in [-0.39, 0.29) is 24.4 Å². The average Bonchev–Trinajstić information content (AvgIpc) is 3.48. The van der Waals surface area contributed by atoms with Crippen molar-refractivity contribution in [3.63, 3.8) is 0 Å². The van der Waals surface area contributed by atoms with Gasteiger partial charge in [-0.25, -0.2) is 4.39 Å². The van der Waals surface area contributed by atoms with Crippen molar-refractivity contribution < 1.29 is 23.5 Å². The second-order valence-corrected chi connectivity index (χ2v) is 11.0. The number of hydrogen-bond acceptors (Lipinski definition) is 6. The van der Waals surface area contributed by atoms with Crippen molar-refractivity contribution in [1.82, 2.24) is 25.2 Å². The maximum atomic E-state index is 14.4. The molecule has 1 aromatic heterocycles. The fraction of sp³-hybridized carbons (Fsp3) is 0.394. The number of methoxy groups -OCH3 is 2. The van der Waals surface area contributed by atoms with E-state index >= 15 is 0 Å². The van der Waals surface area contributed by atoms with Crippen molar-refractivity contribution in [2.75, 3.05) is 20.8 Å². The summed E-state index contributed by atoms with van der Waals surface area (Å²) in [6, 6.07) is 17.0. The first-order valence-electron chi connectivity index (χ1n) is 14.8. The summed E-state index contributed by atoms with van der Waals surface area (Å²) in [4.78, 5) is 31.4. The molecule has 0 unspecified atom stereocenters. The number of hydrogen-bond donors (Lipinski definition) is 1. The first kappa shape index (κ1) is 30.0. The molecule has 1 fully saturated rings. The molecule has 10 heteroatoms. The Labute approximate surface area is 251 Å². The molecule has 1 saturated carbocycles. The molecule has 1 N–H and O–H groups in total. The zero-order valence-electron chi connectivity index (χ0n) is 24.8. The van der Waals surface area contributed by atoms with Gasteiger partial charge in [0, 0.05) is 12.6 Å². The number of halogens is 1. The Morgan fingerprint density at radius 1 is 0.953 bits per heavy atom. The van der Waals surface area contributed by atoms with Gasteiger partial charge in [-0.15, -0.1) is 0 Å². The first-order valence-corrected chi connectivity index (χ1v) is 14.8. The van der Waals surface area contributed by atoms with Crippen LogP contribution in [-0.4, -0.2) is 58.5 Å². The van der Waals surface area contributed by atoms with E-state index in [4.69, 9.17) is 9.47 Å². The molecule has 226 valence electrons. The smallest absolute Gasteiger partial charge is 0.249 e. The van der Waals surface area contributed by atoms with Crippen molar-refractivity contribution in [2.24, 2.45) is 0 Å². The molecule has 0 bridgehead atoms. The molecular weight excluding hydrogens is 549 g/mol. The summed E-state index contributed by atoms with van der Waals surface area (Å²) < 4.78 is 24.9. The van der Waals surface area contributed by atoms with E-state index in [9.17, 15) is 14.0 Å². The molecule has 3 aromatic carbocycles. The lowest BCUT2D eigenvalue weighted by molar-refractivity contribution is -0.144. The predicted molar refractivity (Wildman–Crippen MR) is 161 cm³/mol. The highest BCUT2D eigenvalue weighted by Gasteiger charge is 2.36. The second kappa shape index (κ2) is 13.7. The topological polar surface area (TPSA) is 98.6 Å². The number of carbonyl (C=O) groups is 2. The molecule has 1 heterocycles. The van der Waals surface area contributed by atoms with Gasteiger partial charge in [-0.2, -0.15) is 15.0 Å². The van der Waals surface area contributed by atoms with E-state index < -0.39 is 17.9 Å². The van der Waals surface area contributed by atoms with Crippen LogP contribution < -0.4 is 14.8 Å². The predicted octanol–water partition coefficient (Wildman–Crippen LogP) is 5.41. The van der Waals surface area contributed by atoms with Crippen LogP contribution in [0.25, 0.3) is 11.0 Å². The van der Waals surface area contributed by atoms with Crippen LogP contribution in [-0.2, 0) is 16.0 Å². The summed E-state index contributed by atoms with van der Waals surface area (Å²) in [5, 5.41) is 12.3. The van der Waals surface area contributed by atoms with E-state index in [0.29, 0.717) is 34.5 Å². The highest BCUT2D eigenvalue weighted by Crippen LogP contribution is 2.30. The van der Waals surface area contributed by atoms with Gasteiger partial charge < -0.3 is 19.7 Å². The third-order valence-corrected chi connectivity index (χ3v) is 8.08. The number of aromatic nitrogens is 3. The Bertz CT molecular complexity index is 1520. The lowest BCUT2D eigenvalue weighted by Crippen LogP contribution is -2.49. The first-order chi connectivity index (χ1) is 20.9. The maximum absolute atomic E-state index is 14.4. The van der Waals surface area contributed by atoms with Gasteiger partial charge in [0.1, 0.15) is 28.9 Å². The maximum Gasteiger partial charge on any atom is 0.249 e. The molecule has 0 radical (unpaired) electrons. The third kappa shape index (κ3) is 6.96. The molecule has 1 aliphatic rings. The minimum atomic E-state index is -0.984. The van der Waals surface area contributed by atoms with Crippen molar-refractivity contribution in [1.29, 1.82) is 0 Å². The molecule has 0 spiro atoms. The van der Waals surface area contributed by atoms with Gasteiger partial charge in [0.25, 0.3) is 0 Å². The Morgan fingerprint density at radius 2 is 1.60 bits per heavy atom. The fourth-order valence-electron chi connectivity index (χ4n) is 5.69. The quantitative estimate of drug-likeness (QED) is 0.252. The fourth-order valence-corrected chi connectivity index (χ4v) is 5.69. The van der Waals surface area contributed by atoms with Crippen LogP contribution in [0.5, 0.6) is 11.5 Å². The standard InChI is InChI=1S/C33H38FN5O4/c1-22(39-36-27-11-7-8-12-28(27)37-39)33(41)38(20-19-23-13-18-29(42-2)30(21-23)43-3)31(24-14-16-25(34)17-15-24)32(40)35-26-9-5-4-6-10-26/h7-8,11-18,21-22,26,31H,4-6,9-10,19-20H2,1-3H3,(H,35,40)/t22-,31-/m1/s1. The van der Waals surface area contributed by atoms with Crippen LogP contribution in [0.2, 0.25) is 0 Å². The number of benzene rings is 3. The Balaban J connectivity index is 1.51. The minimum absolute atomic E-state index is 0.0301. The molecule has 43 heavy (non-hydrogen) atoms. The van der Waals surface area contributed by atoms with Crippen LogP contribution in [0.1, 0.15) is 62.2 Å². The van der Waals surface area contributed by atoms with E-state index in [0.717, 1.165) is 37.7 Å². The van der Waals surface area contributed by atoms with Gasteiger partial charge in [-0.1, -0.05) is 49.6 Å². The lowest BCUT2D eigenvalue weighted by Gasteiger charge is -2.34. The highest BCUT2D eigenvalue weighted by molar-refractivity contribution is 5.90. The Hall–Kier alpha value is -4.47. The number of nitrogens with zero attached hydrogens (tertiary/aromatic N) is 4. The summed E-state index contributed by atoms with van der Waals surface area (Å²) in [6.45, 7) is 1.94. The number of rotatable bonds is 11. The number of ether oxygens (including phenoxy) is 2. The van der Waals surface area contributed by atoms with Crippen LogP contribution in [0, 0.1) is 5.82 Å². The number of amides is 2. The van der Waals surface area contributed by atoms with E-state index in [1.54, 1.807) is 38.2 Å². The third-order valence-electron chi connectivity index (χ3n) is 8.08. The van der Waals surface area contributed by atoms with Crippen molar-refractivity contribution in [3.8, 4) is 11.5 Å². The normalized spacial score (nSPS) is 15.1. The average molecular weight is 588 g/mol. The second-order valence-electron chi connectivity index (χ2n) is 11.0. The van der Waals surface area contributed by atoms with Crippen molar-refractivity contribution in [3.05, 3.63) is 83.7 Å². The Morgan fingerprint density at radius 3 is 2.23 bits per heavy atom. The molecular formula is C33H38FN5O4. The van der Waals surface area contributed by atoms with Crippen LogP contribution in [0.3, 0.4) is 0 Å². The van der Waals surface area contributed by atoms with Gasteiger partial charge in [0.15, 0.2) is 11.5 Å². The number of nitrogens with one attached hydrogen (secondary N) is 1. The lowest BCUT2D eigenvalue weighted by atomic mass is 9.94. The monoisotopic (exact) mass is 587 g/mol. The number of fused-ring (bicyclic) bond motifs is 1. The molecule has 0 aliphatic heterocycles. The van der Waals surface area contributed by atoms with Crippen molar-refractivity contribution in [2.45, 2.75) is 63.6 Å². The van der Waals surface area contributed by atoms with E-state index in [2.05, 4.69) is 15.5 Å². The largest absolute Gasteiger partial charge is 0.493 e. The molecule has 2 amide bonds. The van der Waals surface area contributed by atoms with Crippen LogP contribution >= 0.6 is 0 Å². The molecule has 2 atom stereocenters. The summed E-state index contributed by atoms with van der Waals surface area (Å²) in [5.41, 5.74) is 2.77. The summed E-state index contributed by atoms with van der Waals surface area (Å²) >= 11 is 0. The SMILES string of the molecule is COc1ccc(CCN(C(=O)[C@@H](C)n2nc3ccccc3n2)[C@@H](C(=O)NC2CCCCC2)c2ccc(F)cc2)cc1OC. The van der Waals surface area contributed by atoms with E-state index in [1.807, 2.05) is 42.5 Å². The van der Waals surface area contributed by atoms with Gasteiger partial charge in [0.2, 0.25) is 11.8 Å². The molecule has 4 aromatic rings. The van der Waals surface area contributed by atoms with Crippen molar-refractivity contribution >= 4 is 22.8 Å². The zero-order valence-corrected chi connectivity index (χ0v) is 24.8. The van der Waals surface area contributed by atoms with Crippen LogP contribution in [0.4, 0.5) is 4.39 Å². The van der Waals surface area contributed by atoms with Gasteiger partial charge in [0.05, 0.1) is 14.2 Å². The van der Waals surface area contributed by atoms with Gasteiger partial charge >= 0.3 is 0 Å². The number of carbonyl (C=O) groups excluding carboxylic acids is 2. The van der Waals surface area contributed by atoms with E-state index in [1.165, 1.54) is 16.9 Å². The van der Waals surface area contributed by atoms with Gasteiger partial charge in [-0.05, 0) is 73.7 Å². The molecule has 1 aliphatic carbocycles. The summed E-state index contributed by atoms with van der Waals surface area (Å²) in [5.74, 6) is 0.141. The minimum Gasteiger partial charge on any atom is -0.493 e. The van der Waals surface area contributed by atoms with Gasteiger partial charge in [-0.3, -0.25) is 9.59 Å². The zero-order chi connectivity index (χ0) is 30.3. The highest BCUT2D eigenvalue weighted by atomic mass is 19.1.